The maximum atomic E-state index is 13.7. The Labute approximate surface area is 175 Å². The zero-order valence-corrected chi connectivity index (χ0v) is 16.8. The largest absolute Gasteiger partial charge is 0.416 e. The third-order valence-electron chi connectivity index (χ3n) is 4.28. The van der Waals surface area contributed by atoms with Crippen LogP contribution < -0.4 is 10.0 Å². The van der Waals surface area contributed by atoms with Gasteiger partial charge >= 0.3 is 6.18 Å². The normalized spacial score (nSPS) is 11.8. The molecule has 0 aliphatic rings. The number of hydrogen-bond donors (Lipinski definition) is 2. The van der Waals surface area contributed by atoms with Crippen LogP contribution in [0.5, 0.6) is 0 Å². The number of anilines is 2. The van der Waals surface area contributed by atoms with Gasteiger partial charge in [-0.15, -0.1) is 0 Å². The maximum absolute atomic E-state index is 13.7. The van der Waals surface area contributed by atoms with Gasteiger partial charge in [0, 0.05) is 11.4 Å². The molecular formula is C21H16F4N2O3S. The lowest BCUT2D eigenvalue weighted by molar-refractivity contribution is -0.137. The number of benzene rings is 3. The number of sulfonamides is 1. The molecular weight excluding hydrogens is 436 g/mol. The lowest BCUT2D eigenvalue weighted by Crippen LogP contribution is -2.16. The van der Waals surface area contributed by atoms with Crippen LogP contribution in [0, 0.1) is 12.7 Å². The van der Waals surface area contributed by atoms with Crippen LogP contribution in [0.2, 0.25) is 0 Å². The topological polar surface area (TPSA) is 75.3 Å². The first-order valence-corrected chi connectivity index (χ1v) is 10.3. The van der Waals surface area contributed by atoms with Gasteiger partial charge in [-0.2, -0.15) is 13.2 Å². The van der Waals surface area contributed by atoms with Gasteiger partial charge in [-0.1, -0.05) is 18.2 Å². The van der Waals surface area contributed by atoms with Crippen molar-refractivity contribution >= 4 is 27.3 Å². The summed E-state index contributed by atoms with van der Waals surface area (Å²) in [5.74, 6) is -1.42. The summed E-state index contributed by atoms with van der Waals surface area (Å²) in [6.45, 7) is 1.46. The molecule has 0 radical (unpaired) electrons. The highest BCUT2D eigenvalue weighted by atomic mass is 32.2. The van der Waals surface area contributed by atoms with E-state index in [9.17, 15) is 30.8 Å². The summed E-state index contributed by atoms with van der Waals surface area (Å²) in [4.78, 5) is 12.0. The van der Waals surface area contributed by atoms with Crippen molar-refractivity contribution in [3.05, 3.63) is 89.2 Å². The van der Waals surface area contributed by atoms with E-state index in [2.05, 4.69) is 10.0 Å². The van der Waals surface area contributed by atoms with E-state index in [4.69, 9.17) is 0 Å². The van der Waals surface area contributed by atoms with Gasteiger partial charge in [0.15, 0.2) is 0 Å². The van der Waals surface area contributed by atoms with E-state index < -0.39 is 33.5 Å². The molecule has 10 heteroatoms. The fourth-order valence-electron chi connectivity index (χ4n) is 2.84. The van der Waals surface area contributed by atoms with Crippen LogP contribution in [0.25, 0.3) is 0 Å². The van der Waals surface area contributed by atoms with Crippen LogP contribution >= 0.6 is 0 Å². The molecule has 0 spiro atoms. The molecule has 3 aromatic rings. The fourth-order valence-corrected chi connectivity index (χ4v) is 4.12. The first-order valence-electron chi connectivity index (χ1n) is 8.84. The summed E-state index contributed by atoms with van der Waals surface area (Å²) in [5, 5.41) is 2.47. The molecule has 0 aliphatic carbocycles. The summed E-state index contributed by atoms with van der Waals surface area (Å²) in [7, 11) is -4.20. The third kappa shape index (κ3) is 5.21. The van der Waals surface area contributed by atoms with Crippen molar-refractivity contribution in [1.82, 2.24) is 0 Å². The molecule has 0 saturated carbocycles. The molecule has 162 valence electrons. The van der Waals surface area contributed by atoms with Crippen molar-refractivity contribution in [2.24, 2.45) is 0 Å². The molecule has 2 N–H and O–H groups in total. The van der Waals surface area contributed by atoms with Crippen LogP contribution in [0.15, 0.2) is 71.6 Å². The number of carbonyl (C=O) groups excluding carboxylic acids is 1. The second kappa shape index (κ2) is 8.38. The highest BCUT2D eigenvalue weighted by molar-refractivity contribution is 7.92. The van der Waals surface area contributed by atoms with Crippen LogP contribution in [0.4, 0.5) is 28.9 Å². The lowest BCUT2D eigenvalue weighted by atomic mass is 10.2. The number of aryl methyl sites for hydroxylation is 1. The quantitative estimate of drug-likeness (QED) is 0.522. The number of rotatable bonds is 5. The van der Waals surface area contributed by atoms with Gasteiger partial charge in [0.1, 0.15) is 5.82 Å². The number of carbonyl (C=O) groups is 1. The molecule has 0 aliphatic heterocycles. The van der Waals surface area contributed by atoms with Gasteiger partial charge < -0.3 is 5.32 Å². The molecule has 0 heterocycles. The van der Waals surface area contributed by atoms with Crippen LogP contribution in [-0.4, -0.2) is 14.3 Å². The van der Waals surface area contributed by atoms with E-state index in [0.717, 1.165) is 18.2 Å². The Morgan fingerprint density at radius 3 is 2.26 bits per heavy atom. The monoisotopic (exact) mass is 452 g/mol. The smallest absolute Gasteiger partial charge is 0.322 e. The van der Waals surface area contributed by atoms with Gasteiger partial charge in [-0.25, -0.2) is 12.8 Å². The van der Waals surface area contributed by atoms with Crippen LogP contribution in [-0.2, 0) is 16.2 Å². The minimum Gasteiger partial charge on any atom is -0.322 e. The zero-order chi connectivity index (χ0) is 22.8. The van der Waals surface area contributed by atoms with E-state index in [1.165, 1.54) is 49.4 Å². The van der Waals surface area contributed by atoms with Crippen LogP contribution in [0.3, 0.4) is 0 Å². The summed E-state index contributed by atoms with van der Waals surface area (Å²) >= 11 is 0. The Kier molecular flexibility index (Phi) is 6.03. The Hall–Kier alpha value is -3.40. The van der Waals surface area contributed by atoms with Crippen molar-refractivity contribution in [3.63, 3.8) is 0 Å². The summed E-state index contributed by atoms with van der Waals surface area (Å²) in [5.41, 5.74) is -0.959. The fraction of sp³-hybridized carbons (Fsp3) is 0.0952. The van der Waals surface area contributed by atoms with Crippen molar-refractivity contribution in [1.29, 1.82) is 0 Å². The Morgan fingerprint density at radius 1 is 0.903 bits per heavy atom. The van der Waals surface area contributed by atoms with E-state index in [-0.39, 0.29) is 27.4 Å². The number of hydrogen-bond acceptors (Lipinski definition) is 3. The van der Waals surface area contributed by atoms with Gasteiger partial charge in [-0.05, 0) is 61.0 Å². The molecule has 31 heavy (non-hydrogen) atoms. The van der Waals surface area contributed by atoms with Gasteiger partial charge in [0.05, 0.1) is 16.0 Å². The second-order valence-corrected chi connectivity index (χ2v) is 8.25. The predicted octanol–water partition coefficient (Wildman–Crippen LogP) is 5.21. The summed E-state index contributed by atoms with van der Waals surface area (Å²) in [6, 6.07) is 13.0. The predicted molar refractivity (Wildman–Crippen MR) is 108 cm³/mol. The molecule has 0 atom stereocenters. The van der Waals surface area contributed by atoms with Gasteiger partial charge in [-0.3, -0.25) is 9.52 Å². The zero-order valence-electron chi connectivity index (χ0n) is 16.0. The first-order chi connectivity index (χ1) is 14.5. The standard InChI is InChI=1S/C21H16F4N2O3S/c1-13-11-15(26-20(28)17-7-2-3-8-18(17)22)9-10-19(13)31(29,30)27-16-6-4-5-14(12-16)21(23,24)25/h2-12,27H,1H3,(H,26,28). The summed E-state index contributed by atoms with van der Waals surface area (Å²) < 4.78 is 79.7. The van der Waals surface area contributed by atoms with Crippen molar-refractivity contribution in [2.75, 3.05) is 10.0 Å². The Bertz CT molecular complexity index is 1240. The van der Waals surface area contributed by atoms with E-state index in [1.807, 2.05) is 0 Å². The molecule has 0 fully saturated rings. The van der Waals surface area contributed by atoms with E-state index in [1.54, 1.807) is 0 Å². The van der Waals surface area contributed by atoms with Crippen molar-refractivity contribution < 1.29 is 30.8 Å². The molecule has 0 bridgehead atoms. The SMILES string of the molecule is Cc1cc(NC(=O)c2ccccc2F)ccc1S(=O)(=O)Nc1cccc(C(F)(F)F)c1. The first kappa shape index (κ1) is 22.3. The number of halogens is 4. The molecule has 5 nitrogen and oxygen atoms in total. The third-order valence-corrected chi connectivity index (χ3v) is 5.82. The average Bonchev–Trinajstić information content (AvgIpc) is 2.67. The summed E-state index contributed by atoms with van der Waals surface area (Å²) in [6.07, 6.45) is -4.62. The van der Waals surface area contributed by atoms with Crippen molar-refractivity contribution in [2.45, 2.75) is 18.0 Å². The van der Waals surface area contributed by atoms with Crippen molar-refractivity contribution in [3.8, 4) is 0 Å². The number of nitrogens with one attached hydrogen (secondary N) is 2. The molecule has 3 rings (SSSR count). The Balaban J connectivity index is 1.82. The van der Waals surface area contributed by atoms with E-state index in [0.29, 0.717) is 6.07 Å². The molecule has 0 aromatic heterocycles. The highest BCUT2D eigenvalue weighted by Gasteiger charge is 2.31. The molecule has 3 aromatic carbocycles. The number of amides is 1. The van der Waals surface area contributed by atoms with Crippen LogP contribution in [0.1, 0.15) is 21.5 Å². The van der Waals surface area contributed by atoms with E-state index >= 15 is 0 Å². The molecule has 1 amide bonds. The Morgan fingerprint density at radius 2 is 1.61 bits per heavy atom. The lowest BCUT2D eigenvalue weighted by Gasteiger charge is -2.14. The second-order valence-electron chi connectivity index (χ2n) is 6.60. The van der Waals surface area contributed by atoms with Gasteiger partial charge in [0.2, 0.25) is 0 Å². The molecule has 0 unspecified atom stereocenters. The van der Waals surface area contributed by atoms with Gasteiger partial charge in [0.25, 0.3) is 15.9 Å². The number of alkyl halides is 3. The minimum absolute atomic E-state index is 0.178. The molecule has 0 saturated heterocycles. The maximum Gasteiger partial charge on any atom is 0.416 e. The average molecular weight is 452 g/mol. The highest BCUT2D eigenvalue weighted by Crippen LogP contribution is 2.31. The minimum atomic E-state index is -4.62.